The number of rotatable bonds is 7. The number of non-ortho nitro benzene ring substituents is 1. The fourth-order valence-corrected chi connectivity index (χ4v) is 2.06. The number of nitrogens with zero attached hydrogens (tertiary/aromatic N) is 1. The molecule has 0 spiro atoms. The van der Waals surface area contributed by atoms with Gasteiger partial charge in [-0.25, -0.2) is 0 Å². The van der Waals surface area contributed by atoms with Crippen molar-refractivity contribution in [2.75, 3.05) is 25.6 Å². The summed E-state index contributed by atoms with van der Waals surface area (Å²) in [6, 6.07) is 11.1. The highest BCUT2D eigenvalue weighted by Crippen LogP contribution is 2.24. The second-order valence-corrected chi connectivity index (χ2v) is 5.05. The highest BCUT2D eigenvalue weighted by atomic mass is 16.6. The third kappa shape index (κ3) is 4.30. The van der Waals surface area contributed by atoms with Gasteiger partial charge in [-0.15, -0.1) is 0 Å². The van der Waals surface area contributed by atoms with Crippen LogP contribution < -0.4 is 10.1 Å². The number of hydrogen-bond acceptors (Lipinski definition) is 5. The standard InChI is InChI=1S/C17H18N2O5/c1-12-7-8-13(19(21)22)11-15(12)18-17(20)14-5-3-4-6-16(14)24-10-9-23-2/h3-8,11H,9-10H2,1-2H3,(H,18,20). The Bertz CT molecular complexity index is 746. The molecule has 0 heterocycles. The van der Waals surface area contributed by atoms with Gasteiger partial charge in [0.1, 0.15) is 12.4 Å². The van der Waals surface area contributed by atoms with Gasteiger partial charge in [0.15, 0.2) is 0 Å². The number of nitro benzene ring substituents is 1. The van der Waals surface area contributed by atoms with E-state index in [9.17, 15) is 14.9 Å². The lowest BCUT2D eigenvalue weighted by atomic mass is 10.1. The topological polar surface area (TPSA) is 90.7 Å². The van der Waals surface area contributed by atoms with Gasteiger partial charge in [-0.1, -0.05) is 18.2 Å². The van der Waals surface area contributed by atoms with Gasteiger partial charge in [-0.2, -0.15) is 0 Å². The highest BCUT2D eigenvalue weighted by Gasteiger charge is 2.15. The number of amides is 1. The number of para-hydroxylation sites is 1. The third-order valence-electron chi connectivity index (χ3n) is 3.36. The molecule has 0 bridgehead atoms. The summed E-state index contributed by atoms with van der Waals surface area (Å²) < 4.78 is 10.5. The van der Waals surface area contributed by atoms with E-state index in [0.29, 0.717) is 30.2 Å². The van der Waals surface area contributed by atoms with Crippen molar-refractivity contribution >= 4 is 17.3 Å². The zero-order chi connectivity index (χ0) is 17.5. The number of methoxy groups -OCH3 is 1. The fraction of sp³-hybridized carbons (Fsp3) is 0.235. The minimum absolute atomic E-state index is 0.0828. The van der Waals surface area contributed by atoms with Crippen molar-refractivity contribution < 1.29 is 19.2 Å². The van der Waals surface area contributed by atoms with Crippen LogP contribution in [0.15, 0.2) is 42.5 Å². The van der Waals surface area contributed by atoms with Gasteiger partial charge < -0.3 is 14.8 Å². The van der Waals surface area contributed by atoms with Crippen LogP contribution in [0.1, 0.15) is 15.9 Å². The summed E-state index contributed by atoms with van der Waals surface area (Å²) >= 11 is 0. The molecule has 24 heavy (non-hydrogen) atoms. The van der Waals surface area contributed by atoms with E-state index in [1.54, 1.807) is 44.4 Å². The van der Waals surface area contributed by atoms with E-state index < -0.39 is 10.8 Å². The number of hydrogen-bond donors (Lipinski definition) is 1. The number of ether oxygens (including phenoxy) is 2. The van der Waals surface area contributed by atoms with Gasteiger partial charge in [0.05, 0.1) is 22.8 Å². The molecule has 0 unspecified atom stereocenters. The van der Waals surface area contributed by atoms with Crippen molar-refractivity contribution in [2.24, 2.45) is 0 Å². The first-order valence-electron chi connectivity index (χ1n) is 7.30. The molecule has 0 saturated heterocycles. The Morgan fingerprint density at radius 1 is 1.21 bits per heavy atom. The van der Waals surface area contributed by atoms with Crippen LogP contribution in [0, 0.1) is 17.0 Å². The summed E-state index contributed by atoms with van der Waals surface area (Å²) in [5.74, 6) is 0.0294. The smallest absolute Gasteiger partial charge is 0.271 e. The van der Waals surface area contributed by atoms with E-state index in [4.69, 9.17) is 9.47 Å². The first-order valence-corrected chi connectivity index (χ1v) is 7.30. The Balaban J connectivity index is 2.21. The summed E-state index contributed by atoms with van der Waals surface area (Å²) in [5, 5.41) is 13.6. The lowest BCUT2D eigenvalue weighted by Gasteiger charge is -2.12. The Morgan fingerprint density at radius 3 is 2.67 bits per heavy atom. The molecule has 0 saturated carbocycles. The highest BCUT2D eigenvalue weighted by molar-refractivity contribution is 6.06. The van der Waals surface area contributed by atoms with Gasteiger partial charge in [0.25, 0.3) is 11.6 Å². The molecule has 2 aromatic rings. The Kier molecular flexibility index (Phi) is 5.86. The molecule has 7 nitrogen and oxygen atoms in total. The van der Waals surface area contributed by atoms with Crippen molar-refractivity contribution in [3.05, 3.63) is 63.7 Å². The average molecular weight is 330 g/mol. The van der Waals surface area contributed by atoms with Crippen molar-refractivity contribution in [3.8, 4) is 5.75 Å². The van der Waals surface area contributed by atoms with Crippen molar-refractivity contribution in [1.82, 2.24) is 0 Å². The maximum Gasteiger partial charge on any atom is 0.271 e. The first kappa shape index (κ1) is 17.4. The van der Waals surface area contributed by atoms with Crippen LogP contribution in [0.2, 0.25) is 0 Å². The summed E-state index contributed by atoms with van der Waals surface area (Å²) in [4.78, 5) is 22.9. The number of anilines is 1. The van der Waals surface area contributed by atoms with Crippen LogP contribution in [0.3, 0.4) is 0 Å². The average Bonchev–Trinajstić information content (AvgIpc) is 2.57. The van der Waals surface area contributed by atoms with Crippen LogP contribution in [-0.4, -0.2) is 31.2 Å². The van der Waals surface area contributed by atoms with Crippen LogP contribution >= 0.6 is 0 Å². The number of nitro groups is 1. The second-order valence-electron chi connectivity index (χ2n) is 5.05. The van der Waals surface area contributed by atoms with Gasteiger partial charge >= 0.3 is 0 Å². The lowest BCUT2D eigenvalue weighted by molar-refractivity contribution is -0.384. The van der Waals surface area contributed by atoms with Gasteiger partial charge in [0.2, 0.25) is 0 Å². The molecule has 2 aromatic carbocycles. The predicted molar refractivity (Wildman–Crippen MR) is 89.6 cm³/mol. The quantitative estimate of drug-likeness (QED) is 0.478. The Morgan fingerprint density at radius 2 is 1.96 bits per heavy atom. The van der Waals surface area contributed by atoms with Crippen molar-refractivity contribution in [1.29, 1.82) is 0 Å². The molecule has 0 fully saturated rings. The SMILES string of the molecule is COCCOc1ccccc1C(=O)Nc1cc([N+](=O)[O-])ccc1C. The van der Waals surface area contributed by atoms with Crippen LogP contribution in [0.5, 0.6) is 5.75 Å². The zero-order valence-corrected chi connectivity index (χ0v) is 13.4. The van der Waals surface area contributed by atoms with E-state index in [1.165, 1.54) is 12.1 Å². The number of carbonyl (C=O) groups is 1. The lowest BCUT2D eigenvalue weighted by Crippen LogP contribution is -2.15. The minimum atomic E-state index is -0.503. The zero-order valence-electron chi connectivity index (χ0n) is 13.4. The summed E-state index contributed by atoms with van der Waals surface area (Å²) in [6.07, 6.45) is 0. The number of aryl methyl sites for hydroxylation is 1. The molecule has 0 aliphatic heterocycles. The van der Waals surface area contributed by atoms with Crippen LogP contribution in [0.25, 0.3) is 0 Å². The molecular weight excluding hydrogens is 312 g/mol. The van der Waals surface area contributed by atoms with E-state index in [0.717, 1.165) is 5.56 Å². The predicted octanol–water partition coefficient (Wildman–Crippen LogP) is 3.18. The molecule has 1 amide bonds. The molecule has 0 atom stereocenters. The molecule has 0 aliphatic rings. The third-order valence-corrected chi connectivity index (χ3v) is 3.36. The Hall–Kier alpha value is -2.93. The van der Waals surface area contributed by atoms with Crippen LogP contribution in [0.4, 0.5) is 11.4 Å². The number of benzene rings is 2. The van der Waals surface area contributed by atoms with Gasteiger partial charge in [-0.3, -0.25) is 14.9 Å². The molecule has 0 aromatic heterocycles. The van der Waals surface area contributed by atoms with Crippen molar-refractivity contribution in [3.63, 3.8) is 0 Å². The molecule has 0 radical (unpaired) electrons. The minimum Gasteiger partial charge on any atom is -0.490 e. The molecule has 126 valence electrons. The monoisotopic (exact) mass is 330 g/mol. The van der Waals surface area contributed by atoms with E-state index in [2.05, 4.69) is 5.32 Å². The molecule has 0 aliphatic carbocycles. The summed E-state index contributed by atoms with van der Waals surface area (Å²) in [6.45, 7) is 2.48. The van der Waals surface area contributed by atoms with Gasteiger partial charge in [0, 0.05) is 19.2 Å². The fourth-order valence-electron chi connectivity index (χ4n) is 2.06. The largest absolute Gasteiger partial charge is 0.490 e. The summed E-state index contributed by atoms with van der Waals surface area (Å²) in [7, 11) is 1.56. The maximum atomic E-state index is 12.5. The molecule has 2 rings (SSSR count). The number of carbonyl (C=O) groups excluding carboxylic acids is 1. The van der Waals surface area contributed by atoms with Crippen molar-refractivity contribution in [2.45, 2.75) is 6.92 Å². The number of nitrogens with one attached hydrogen (secondary N) is 1. The molecule has 1 N–H and O–H groups in total. The van der Waals surface area contributed by atoms with E-state index in [-0.39, 0.29) is 5.69 Å². The van der Waals surface area contributed by atoms with Crippen LogP contribution in [-0.2, 0) is 4.74 Å². The molecular formula is C17H18N2O5. The molecule has 7 heteroatoms. The second kappa shape index (κ2) is 8.07. The Labute approximate surface area is 139 Å². The van der Waals surface area contributed by atoms with E-state index >= 15 is 0 Å². The van der Waals surface area contributed by atoms with Gasteiger partial charge in [-0.05, 0) is 24.6 Å². The first-order chi connectivity index (χ1) is 11.5. The maximum absolute atomic E-state index is 12.5. The normalized spacial score (nSPS) is 10.2. The summed E-state index contributed by atoms with van der Waals surface area (Å²) in [5.41, 5.74) is 1.38. The van der Waals surface area contributed by atoms with E-state index in [1.807, 2.05) is 0 Å².